The predicted molar refractivity (Wildman–Crippen MR) is 47.6 cm³/mol. The lowest BCUT2D eigenvalue weighted by atomic mass is 9.94. The van der Waals surface area contributed by atoms with Gasteiger partial charge in [-0.25, -0.2) is 0 Å². The first kappa shape index (κ1) is 9.54. The molecule has 2 atom stereocenters. The Hall–Kier alpha value is -0.550. The number of nitrogens with zero attached hydrogens (tertiary/aromatic N) is 1. The third-order valence-corrected chi connectivity index (χ3v) is 2.62. The molecule has 1 aliphatic rings. The molecule has 12 heavy (non-hydrogen) atoms. The average molecular weight is 167 g/mol. The largest absolute Gasteiger partial charge is 0.357 e. The van der Waals surface area contributed by atoms with Gasteiger partial charge < -0.3 is 4.74 Å². The molecule has 2 unspecified atom stereocenters. The van der Waals surface area contributed by atoms with Crippen LogP contribution in [0.5, 0.6) is 0 Å². The van der Waals surface area contributed by atoms with E-state index in [-0.39, 0.29) is 6.10 Å². The van der Waals surface area contributed by atoms with E-state index in [0.29, 0.717) is 5.92 Å². The smallest absolute Gasteiger partial charge is 0.157 e. The van der Waals surface area contributed by atoms with Crippen molar-refractivity contribution in [2.24, 2.45) is 5.92 Å². The predicted octanol–water partition coefficient (Wildman–Crippen LogP) is 2.49. The van der Waals surface area contributed by atoms with Crippen molar-refractivity contribution >= 4 is 0 Å². The first-order chi connectivity index (χ1) is 5.60. The zero-order valence-corrected chi connectivity index (χ0v) is 8.13. The van der Waals surface area contributed by atoms with E-state index in [2.05, 4.69) is 13.0 Å². The molecule has 0 radical (unpaired) electrons. The molecule has 0 N–H and O–H groups in total. The maximum absolute atomic E-state index is 9.06. The Balaban J connectivity index is 2.69. The SMILES string of the molecule is CC(C)OC1(C#N)CCCC1C. The molecule has 0 aliphatic heterocycles. The molecule has 1 rings (SSSR count). The van der Waals surface area contributed by atoms with E-state index in [1.807, 2.05) is 13.8 Å². The van der Waals surface area contributed by atoms with Gasteiger partial charge in [-0.15, -0.1) is 0 Å². The third-order valence-electron chi connectivity index (χ3n) is 2.62. The fraction of sp³-hybridized carbons (Fsp3) is 0.900. The molecule has 1 saturated carbocycles. The van der Waals surface area contributed by atoms with Gasteiger partial charge in [0.2, 0.25) is 0 Å². The Morgan fingerprint density at radius 3 is 2.58 bits per heavy atom. The minimum atomic E-state index is -0.478. The first-order valence-electron chi connectivity index (χ1n) is 4.70. The fourth-order valence-electron chi connectivity index (χ4n) is 1.94. The summed E-state index contributed by atoms with van der Waals surface area (Å²) in [6.07, 6.45) is 3.31. The van der Waals surface area contributed by atoms with Crippen molar-refractivity contribution in [2.75, 3.05) is 0 Å². The summed E-state index contributed by atoms with van der Waals surface area (Å²) in [6, 6.07) is 2.34. The molecule has 0 heterocycles. The Morgan fingerprint density at radius 2 is 2.25 bits per heavy atom. The van der Waals surface area contributed by atoms with Gasteiger partial charge in [0, 0.05) is 0 Å². The number of rotatable bonds is 2. The minimum absolute atomic E-state index is 0.158. The molecule has 1 aliphatic carbocycles. The minimum Gasteiger partial charge on any atom is -0.357 e. The highest BCUT2D eigenvalue weighted by atomic mass is 16.5. The van der Waals surface area contributed by atoms with Crippen LogP contribution in [0.4, 0.5) is 0 Å². The van der Waals surface area contributed by atoms with Gasteiger partial charge in [-0.2, -0.15) is 5.26 Å². The number of nitriles is 1. The van der Waals surface area contributed by atoms with Crippen molar-refractivity contribution in [3.05, 3.63) is 0 Å². The van der Waals surface area contributed by atoms with Gasteiger partial charge in [-0.1, -0.05) is 6.92 Å². The van der Waals surface area contributed by atoms with E-state index < -0.39 is 5.60 Å². The topological polar surface area (TPSA) is 33.0 Å². The van der Waals surface area contributed by atoms with Crippen LogP contribution in [-0.2, 0) is 4.74 Å². The Bertz CT molecular complexity index is 195. The van der Waals surface area contributed by atoms with Crippen LogP contribution < -0.4 is 0 Å². The van der Waals surface area contributed by atoms with E-state index in [9.17, 15) is 0 Å². The maximum atomic E-state index is 9.06. The van der Waals surface area contributed by atoms with Gasteiger partial charge in [0.05, 0.1) is 12.2 Å². The second-order valence-corrected chi connectivity index (χ2v) is 3.96. The van der Waals surface area contributed by atoms with Crippen molar-refractivity contribution in [3.63, 3.8) is 0 Å². The average Bonchev–Trinajstić information content (AvgIpc) is 2.32. The van der Waals surface area contributed by atoms with Gasteiger partial charge in [-0.05, 0) is 39.0 Å². The Morgan fingerprint density at radius 1 is 1.58 bits per heavy atom. The van der Waals surface area contributed by atoms with E-state index in [4.69, 9.17) is 10.00 Å². The molecule has 0 saturated heterocycles. The van der Waals surface area contributed by atoms with Crippen LogP contribution >= 0.6 is 0 Å². The lowest BCUT2D eigenvalue weighted by molar-refractivity contribution is -0.0606. The lowest BCUT2D eigenvalue weighted by Gasteiger charge is -2.28. The van der Waals surface area contributed by atoms with Crippen LogP contribution in [0.2, 0.25) is 0 Å². The van der Waals surface area contributed by atoms with Gasteiger partial charge in [0.15, 0.2) is 5.60 Å². The summed E-state index contributed by atoms with van der Waals surface area (Å²) in [7, 11) is 0. The van der Waals surface area contributed by atoms with E-state index in [0.717, 1.165) is 19.3 Å². The Labute approximate surface area is 74.5 Å². The third kappa shape index (κ3) is 1.61. The van der Waals surface area contributed by atoms with Crippen LogP contribution in [0.25, 0.3) is 0 Å². The van der Waals surface area contributed by atoms with Crippen molar-refractivity contribution in [3.8, 4) is 6.07 Å². The van der Waals surface area contributed by atoms with Crippen LogP contribution in [0.3, 0.4) is 0 Å². The summed E-state index contributed by atoms with van der Waals surface area (Å²) in [5.41, 5.74) is -0.478. The zero-order valence-electron chi connectivity index (χ0n) is 8.13. The van der Waals surface area contributed by atoms with Gasteiger partial charge in [0.1, 0.15) is 0 Å². The lowest BCUT2D eigenvalue weighted by Crippen LogP contribution is -2.36. The molecule has 0 aromatic rings. The van der Waals surface area contributed by atoms with E-state index >= 15 is 0 Å². The van der Waals surface area contributed by atoms with E-state index in [1.54, 1.807) is 0 Å². The van der Waals surface area contributed by atoms with Gasteiger partial charge >= 0.3 is 0 Å². The molecule has 2 heteroatoms. The van der Waals surface area contributed by atoms with Crippen LogP contribution in [0.15, 0.2) is 0 Å². The number of hydrogen-bond donors (Lipinski definition) is 0. The monoisotopic (exact) mass is 167 g/mol. The highest BCUT2D eigenvalue weighted by molar-refractivity contribution is 5.08. The van der Waals surface area contributed by atoms with Crippen LogP contribution in [0, 0.1) is 17.2 Å². The second kappa shape index (κ2) is 3.45. The summed E-state index contributed by atoms with van der Waals surface area (Å²) in [4.78, 5) is 0. The van der Waals surface area contributed by atoms with Crippen molar-refractivity contribution in [1.29, 1.82) is 5.26 Å². The number of hydrogen-bond acceptors (Lipinski definition) is 2. The molecule has 0 aromatic carbocycles. The summed E-state index contributed by atoms with van der Waals surface area (Å²) in [6.45, 7) is 6.09. The van der Waals surface area contributed by atoms with Crippen molar-refractivity contribution in [2.45, 2.75) is 51.7 Å². The molecule has 0 amide bonds. The highest BCUT2D eigenvalue weighted by Gasteiger charge is 2.42. The quantitative estimate of drug-likeness (QED) is 0.633. The molecule has 68 valence electrons. The standard InChI is InChI=1S/C10H17NO/c1-8(2)12-10(7-11)6-4-5-9(10)3/h8-9H,4-6H2,1-3H3. The summed E-state index contributed by atoms with van der Waals surface area (Å²) in [5, 5.41) is 9.06. The van der Waals surface area contributed by atoms with Crippen molar-refractivity contribution < 1.29 is 4.74 Å². The van der Waals surface area contributed by atoms with Gasteiger partial charge in [-0.3, -0.25) is 0 Å². The van der Waals surface area contributed by atoms with Gasteiger partial charge in [0.25, 0.3) is 0 Å². The normalized spacial score (nSPS) is 35.4. The molecular weight excluding hydrogens is 150 g/mol. The summed E-state index contributed by atoms with van der Waals surface area (Å²) in [5.74, 6) is 0.393. The first-order valence-corrected chi connectivity index (χ1v) is 4.70. The van der Waals surface area contributed by atoms with E-state index in [1.165, 1.54) is 0 Å². The maximum Gasteiger partial charge on any atom is 0.157 e. The summed E-state index contributed by atoms with van der Waals surface area (Å²) >= 11 is 0. The number of ether oxygens (including phenoxy) is 1. The van der Waals surface area contributed by atoms with Crippen LogP contribution in [-0.4, -0.2) is 11.7 Å². The zero-order chi connectivity index (χ0) is 9.19. The molecule has 1 fully saturated rings. The Kier molecular flexibility index (Phi) is 2.74. The molecule has 0 spiro atoms. The summed E-state index contributed by atoms with van der Waals surface area (Å²) < 4.78 is 5.70. The van der Waals surface area contributed by atoms with Crippen molar-refractivity contribution in [1.82, 2.24) is 0 Å². The molecule has 2 nitrogen and oxygen atoms in total. The molecule has 0 bridgehead atoms. The second-order valence-electron chi connectivity index (χ2n) is 3.96. The van der Waals surface area contributed by atoms with Crippen LogP contribution in [0.1, 0.15) is 40.0 Å². The molecular formula is C10H17NO. The fourth-order valence-corrected chi connectivity index (χ4v) is 1.94. The highest BCUT2D eigenvalue weighted by Crippen LogP contribution is 2.38. The molecule has 0 aromatic heterocycles.